The van der Waals surface area contributed by atoms with Crippen LogP contribution < -0.4 is 10.6 Å². The van der Waals surface area contributed by atoms with Gasteiger partial charge in [-0.15, -0.1) is 0 Å². The third-order valence-corrected chi connectivity index (χ3v) is 9.38. The SMILES string of the molecule is C[C@H]1CC[C@@H](c2ncc(-c3ccc(-c4ccc5c(ccc6[nH]c([C@@H]7CC[C@H](C)N7)nc65)c4)c4c3CCC4)[nH]2)N1. The molecule has 3 aliphatic rings. The van der Waals surface area contributed by atoms with E-state index in [1.54, 1.807) is 0 Å². The lowest BCUT2D eigenvalue weighted by Crippen LogP contribution is -2.21. The summed E-state index contributed by atoms with van der Waals surface area (Å²) in [5.74, 6) is 2.14. The number of H-pyrrole nitrogens is 2. The Morgan fingerprint density at radius 1 is 0.744 bits per heavy atom. The Balaban J connectivity index is 1.15. The van der Waals surface area contributed by atoms with Crippen LogP contribution in [0.1, 0.15) is 80.8 Å². The van der Waals surface area contributed by atoms with Crippen LogP contribution in [0.5, 0.6) is 0 Å². The van der Waals surface area contributed by atoms with Gasteiger partial charge < -0.3 is 20.6 Å². The molecule has 0 spiro atoms. The van der Waals surface area contributed by atoms with E-state index in [-0.39, 0.29) is 0 Å². The molecule has 2 aromatic heterocycles. The maximum atomic E-state index is 5.07. The van der Waals surface area contributed by atoms with Crippen molar-refractivity contribution >= 4 is 21.8 Å². The first-order chi connectivity index (χ1) is 19.1. The molecule has 0 bridgehead atoms. The fourth-order valence-corrected chi connectivity index (χ4v) is 7.32. The highest BCUT2D eigenvalue weighted by Gasteiger charge is 2.27. The fourth-order valence-electron chi connectivity index (χ4n) is 7.32. The van der Waals surface area contributed by atoms with E-state index in [0.29, 0.717) is 24.2 Å². The minimum Gasteiger partial charge on any atom is -0.341 e. The molecule has 5 aromatic rings. The normalized spacial score (nSPS) is 24.8. The van der Waals surface area contributed by atoms with Gasteiger partial charge in [-0.25, -0.2) is 9.97 Å². The van der Waals surface area contributed by atoms with Gasteiger partial charge in [0, 0.05) is 23.0 Å². The molecule has 1 aliphatic carbocycles. The molecule has 4 N–H and O–H groups in total. The van der Waals surface area contributed by atoms with Gasteiger partial charge in [-0.1, -0.05) is 30.3 Å². The van der Waals surface area contributed by atoms with Crippen LogP contribution in [0.15, 0.2) is 48.7 Å². The molecule has 3 aromatic carbocycles. The van der Waals surface area contributed by atoms with E-state index in [9.17, 15) is 0 Å². The second-order valence-electron chi connectivity index (χ2n) is 12.1. The van der Waals surface area contributed by atoms with E-state index >= 15 is 0 Å². The molecule has 198 valence electrons. The number of nitrogens with one attached hydrogen (secondary N) is 4. The average Bonchev–Trinajstić information content (AvgIpc) is 3.77. The molecule has 2 saturated heterocycles. The lowest BCUT2D eigenvalue weighted by Gasteiger charge is -2.14. The van der Waals surface area contributed by atoms with Crippen molar-refractivity contribution in [3.63, 3.8) is 0 Å². The minimum atomic E-state index is 0.326. The van der Waals surface area contributed by atoms with Crippen molar-refractivity contribution in [3.05, 3.63) is 71.4 Å². The van der Waals surface area contributed by atoms with Gasteiger partial charge in [0.1, 0.15) is 11.6 Å². The number of aromatic nitrogens is 4. The monoisotopic (exact) mass is 516 g/mol. The number of benzene rings is 3. The lowest BCUT2D eigenvalue weighted by atomic mass is 9.91. The van der Waals surface area contributed by atoms with Crippen LogP contribution in [-0.2, 0) is 12.8 Å². The summed E-state index contributed by atoms with van der Waals surface area (Å²) in [5.41, 5.74) is 10.3. The summed E-state index contributed by atoms with van der Waals surface area (Å²) in [6.07, 6.45) is 10.2. The summed E-state index contributed by atoms with van der Waals surface area (Å²) in [6.45, 7) is 4.51. The molecule has 6 nitrogen and oxygen atoms in total. The van der Waals surface area contributed by atoms with Crippen molar-refractivity contribution in [2.24, 2.45) is 0 Å². The van der Waals surface area contributed by atoms with Crippen LogP contribution >= 0.6 is 0 Å². The zero-order chi connectivity index (χ0) is 26.1. The minimum absolute atomic E-state index is 0.326. The maximum absolute atomic E-state index is 5.07. The van der Waals surface area contributed by atoms with Crippen molar-refractivity contribution < 1.29 is 0 Å². The average molecular weight is 517 g/mol. The van der Waals surface area contributed by atoms with Crippen LogP contribution in [-0.4, -0.2) is 32.0 Å². The highest BCUT2D eigenvalue weighted by atomic mass is 15.1. The third kappa shape index (κ3) is 3.92. The van der Waals surface area contributed by atoms with Gasteiger partial charge in [0.25, 0.3) is 0 Å². The van der Waals surface area contributed by atoms with Crippen molar-refractivity contribution in [3.8, 4) is 22.4 Å². The van der Waals surface area contributed by atoms with E-state index in [1.165, 1.54) is 57.9 Å². The van der Waals surface area contributed by atoms with E-state index in [2.05, 4.69) is 76.9 Å². The highest BCUT2D eigenvalue weighted by molar-refractivity contribution is 6.05. The summed E-state index contributed by atoms with van der Waals surface area (Å²) >= 11 is 0. The Morgan fingerprint density at radius 3 is 2.26 bits per heavy atom. The maximum Gasteiger partial charge on any atom is 0.124 e. The number of hydrogen-bond donors (Lipinski definition) is 4. The number of hydrogen-bond acceptors (Lipinski definition) is 4. The summed E-state index contributed by atoms with van der Waals surface area (Å²) in [4.78, 5) is 17.1. The van der Waals surface area contributed by atoms with Crippen molar-refractivity contribution in [2.75, 3.05) is 0 Å². The molecule has 4 heterocycles. The fraction of sp³-hybridized carbons (Fsp3) is 0.394. The number of imidazole rings is 2. The van der Waals surface area contributed by atoms with Crippen molar-refractivity contribution in [2.45, 2.75) is 83.0 Å². The van der Waals surface area contributed by atoms with Crippen LogP contribution in [0.25, 0.3) is 44.2 Å². The largest absolute Gasteiger partial charge is 0.341 e. The molecule has 2 fully saturated rings. The molecule has 6 heteroatoms. The zero-order valence-electron chi connectivity index (χ0n) is 22.8. The predicted molar refractivity (Wildman–Crippen MR) is 158 cm³/mol. The molecule has 0 saturated carbocycles. The first kappa shape index (κ1) is 23.4. The third-order valence-electron chi connectivity index (χ3n) is 9.38. The Bertz CT molecular complexity index is 1710. The molecule has 39 heavy (non-hydrogen) atoms. The molecular formula is C33H36N6. The van der Waals surface area contributed by atoms with Gasteiger partial charge in [-0.3, -0.25) is 0 Å². The van der Waals surface area contributed by atoms with Crippen molar-refractivity contribution in [1.29, 1.82) is 0 Å². The summed E-state index contributed by atoms with van der Waals surface area (Å²) in [7, 11) is 0. The molecule has 0 radical (unpaired) electrons. The Hall–Kier alpha value is -3.48. The number of rotatable bonds is 4. The van der Waals surface area contributed by atoms with Gasteiger partial charge in [0.05, 0.1) is 35.0 Å². The van der Waals surface area contributed by atoms with E-state index < -0.39 is 0 Å². The first-order valence-corrected chi connectivity index (χ1v) is 14.8. The van der Waals surface area contributed by atoms with E-state index in [1.807, 2.05) is 6.20 Å². The molecule has 4 atom stereocenters. The van der Waals surface area contributed by atoms with Crippen LogP contribution in [0, 0.1) is 0 Å². The molecule has 0 amide bonds. The van der Waals surface area contributed by atoms with Gasteiger partial charge in [0.15, 0.2) is 0 Å². The molecule has 8 rings (SSSR count). The Kier molecular flexibility index (Phi) is 5.42. The second kappa shape index (κ2) is 9.04. The topological polar surface area (TPSA) is 81.4 Å². The smallest absolute Gasteiger partial charge is 0.124 e. The summed E-state index contributed by atoms with van der Waals surface area (Å²) < 4.78 is 0. The Labute approximate surface area is 229 Å². The lowest BCUT2D eigenvalue weighted by molar-refractivity contribution is 0.564. The zero-order valence-corrected chi connectivity index (χ0v) is 22.8. The number of nitrogens with zero attached hydrogens (tertiary/aromatic N) is 2. The van der Waals surface area contributed by atoms with E-state index in [4.69, 9.17) is 9.97 Å². The molecular weight excluding hydrogens is 480 g/mol. The first-order valence-electron chi connectivity index (χ1n) is 14.8. The summed E-state index contributed by atoms with van der Waals surface area (Å²) in [6, 6.07) is 17.8. The number of aromatic amines is 2. The predicted octanol–water partition coefficient (Wildman–Crippen LogP) is 6.89. The standard InChI is InChI=1S/C33H36N6/c1-18-6-13-28(35-18)32-34-17-30(38-32)26-12-11-22(24-4-3-5-25(24)26)20-8-10-23-21(16-20)9-15-27-31(23)39-33(37-27)29-14-7-19(2)36-29/h8-12,15-19,28-29,35-36H,3-7,13-14H2,1-2H3,(H,34,38)(H,37,39)/t18-,19-,28-,29-/m0/s1. The molecule has 0 unspecified atom stereocenters. The quantitative estimate of drug-likeness (QED) is 0.210. The second-order valence-corrected chi connectivity index (χ2v) is 12.1. The molecule has 2 aliphatic heterocycles. The Morgan fingerprint density at radius 2 is 1.49 bits per heavy atom. The van der Waals surface area contributed by atoms with Gasteiger partial charge in [-0.05, 0) is 98.6 Å². The van der Waals surface area contributed by atoms with Crippen LogP contribution in [0.4, 0.5) is 0 Å². The van der Waals surface area contributed by atoms with Crippen molar-refractivity contribution in [1.82, 2.24) is 30.6 Å². The number of fused-ring (bicyclic) bond motifs is 4. The summed E-state index contributed by atoms with van der Waals surface area (Å²) in [5, 5.41) is 9.79. The van der Waals surface area contributed by atoms with Crippen LogP contribution in [0.3, 0.4) is 0 Å². The van der Waals surface area contributed by atoms with Gasteiger partial charge in [0.2, 0.25) is 0 Å². The highest BCUT2D eigenvalue weighted by Crippen LogP contribution is 2.40. The van der Waals surface area contributed by atoms with E-state index in [0.717, 1.165) is 54.1 Å². The van der Waals surface area contributed by atoms with Gasteiger partial charge in [-0.2, -0.15) is 0 Å². The van der Waals surface area contributed by atoms with Crippen LogP contribution in [0.2, 0.25) is 0 Å². The van der Waals surface area contributed by atoms with Gasteiger partial charge >= 0.3 is 0 Å².